The van der Waals surface area contributed by atoms with Gasteiger partial charge in [-0.05, 0) is 45.7 Å². The normalized spacial score (nSPS) is 19.1. The average Bonchev–Trinajstić information content (AvgIpc) is 2.77. The van der Waals surface area contributed by atoms with Crippen molar-refractivity contribution in [1.29, 1.82) is 0 Å². The predicted molar refractivity (Wildman–Crippen MR) is 73.1 cm³/mol. The molecule has 3 nitrogen and oxygen atoms in total. The van der Waals surface area contributed by atoms with Crippen LogP contribution >= 0.6 is 11.3 Å². The van der Waals surface area contributed by atoms with E-state index in [1.54, 1.807) is 11.3 Å². The first-order valence-electron chi connectivity index (χ1n) is 6.56. The summed E-state index contributed by atoms with van der Waals surface area (Å²) in [6.45, 7) is 7.70. The topological polar surface area (TPSA) is 42.2 Å². The van der Waals surface area contributed by atoms with Gasteiger partial charge in [0.15, 0.2) is 0 Å². The quantitative estimate of drug-likeness (QED) is 0.895. The third-order valence-electron chi connectivity index (χ3n) is 3.65. The number of rotatable bonds is 4. The molecule has 0 aromatic carbocycles. The molecule has 0 radical (unpaired) electrons. The molecule has 1 aliphatic heterocycles. The number of thiazole rings is 1. The van der Waals surface area contributed by atoms with Crippen molar-refractivity contribution in [3.05, 3.63) is 16.1 Å². The fraction of sp³-hybridized carbons (Fsp3) is 0.769. The zero-order valence-electron chi connectivity index (χ0n) is 10.9. The minimum atomic E-state index is 0.628. The van der Waals surface area contributed by atoms with Gasteiger partial charge in [-0.25, -0.2) is 4.98 Å². The lowest BCUT2D eigenvalue weighted by atomic mass is 9.93. The van der Waals surface area contributed by atoms with Crippen molar-refractivity contribution in [3.63, 3.8) is 0 Å². The second-order valence-corrected chi connectivity index (χ2v) is 6.40. The second kappa shape index (κ2) is 5.94. The van der Waals surface area contributed by atoms with Crippen molar-refractivity contribution in [1.82, 2.24) is 9.88 Å². The van der Waals surface area contributed by atoms with Gasteiger partial charge in [-0.1, -0.05) is 0 Å². The van der Waals surface area contributed by atoms with E-state index in [-0.39, 0.29) is 0 Å². The van der Waals surface area contributed by atoms with Gasteiger partial charge in [0.25, 0.3) is 0 Å². The van der Waals surface area contributed by atoms with Gasteiger partial charge in [0.2, 0.25) is 0 Å². The maximum Gasteiger partial charge on any atom is 0.0930 e. The van der Waals surface area contributed by atoms with Gasteiger partial charge >= 0.3 is 0 Å². The summed E-state index contributed by atoms with van der Waals surface area (Å²) in [5.41, 5.74) is 5.61. The van der Waals surface area contributed by atoms with Crippen molar-refractivity contribution in [2.45, 2.75) is 45.7 Å². The number of likely N-dealkylation sites (tertiary alicyclic amines) is 1. The highest BCUT2D eigenvalue weighted by atomic mass is 32.1. The molecular weight excluding hydrogens is 230 g/mol. The highest BCUT2D eigenvalue weighted by Gasteiger charge is 2.21. The third-order valence-corrected chi connectivity index (χ3v) is 4.69. The molecule has 1 aliphatic rings. The van der Waals surface area contributed by atoms with Crippen molar-refractivity contribution in [2.24, 2.45) is 11.7 Å². The summed E-state index contributed by atoms with van der Waals surface area (Å²) in [6, 6.07) is 0.694. The smallest absolute Gasteiger partial charge is 0.0930 e. The minimum Gasteiger partial charge on any atom is -0.326 e. The lowest BCUT2D eigenvalue weighted by Gasteiger charge is -2.34. The van der Waals surface area contributed by atoms with Crippen molar-refractivity contribution in [2.75, 3.05) is 13.1 Å². The van der Waals surface area contributed by atoms with E-state index in [9.17, 15) is 0 Å². The van der Waals surface area contributed by atoms with E-state index in [1.165, 1.54) is 35.8 Å². The standard InChI is InChI=1S/C13H23N3S/c1-10(2)16-5-3-11(4-6-16)7-13-15-9-12(8-14)17-13/h9-11H,3-8,14H2,1-2H3. The monoisotopic (exact) mass is 253 g/mol. The van der Waals surface area contributed by atoms with Crippen LogP contribution in [0.2, 0.25) is 0 Å². The van der Waals surface area contributed by atoms with E-state index in [2.05, 4.69) is 23.7 Å². The van der Waals surface area contributed by atoms with E-state index >= 15 is 0 Å². The number of piperidine rings is 1. The maximum atomic E-state index is 5.61. The van der Waals surface area contributed by atoms with Gasteiger partial charge in [0, 0.05) is 30.1 Å². The number of nitrogens with two attached hydrogens (primary N) is 1. The number of hydrogen-bond acceptors (Lipinski definition) is 4. The van der Waals surface area contributed by atoms with Crippen molar-refractivity contribution in [3.8, 4) is 0 Å². The summed E-state index contributed by atoms with van der Waals surface area (Å²) in [5.74, 6) is 0.821. The Labute approximate surface area is 108 Å². The highest BCUT2D eigenvalue weighted by Crippen LogP contribution is 2.24. The summed E-state index contributed by atoms with van der Waals surface area (Å²) >= 11 is 1.78. The molecule has 2 rings (SSSR count). The molecule has 0 amide bonds. The van der Waals surface area contributed by atoms with Crippen LogP contribution in [-0.4, -0.2) is 29.0 Å². The molecule has 2 N–H and O–H groups in total. The van der Waals surface area contributed by atoms with Crippen LogP contribution in [0.3, 0.4) is 0 Å². The van der Waals surface area contributed by atoms with Crippen LogP contribution in [0.5, 0.6) is 0 Å². The molecule has 1 saturated heterocycles. The van der Waals surface area contributed by atoms with Crippen molar-refractivity contribution < 1.29 is 0 Å². The Balaban J connectivity index is 1.81. The van der Waals surface area contributed by atoms with E-state index in [4.69, 9.17) is 5.73 Å². The zero-order chi connectivity index (χ0) is 12.3. The highest BCUT2D eigenvalue weighted by molar-refractivity contribution is 7.11. The van der Waals surface area contributed by atoms with Crippen LogP contribution in [-0.2, 0) is 13.0 Å². The Kier molecular flexibility index (Phi) is 4.54. The lowest BCUT2D eigenvalue weighted by Crippen LogP contribution is -2.38. The molecule has 4 heteroatoms. The SMILES string of the molecule is CC(C)N1CCC(Cc2ncc(CN)s2)CC1. The van der Waals surface area contributed by atoms with Gasteiger partial charge in [-0.2, -0.15) is 0 Å². The van der Waals surface area contributed by atoms with E-state index in [1.807, 2.05) is 6.20 Å². The van der Waals surface area contributed by atoms with Gasteiger partial charge in [0.1, 0.15) is 0 Å². The lowest BCUT2D eigenvalue weighted by molar-refractivity contribution is 0.149. The molecule has 0 spiro atoms. The molecule has 0 atom stereocenters. The molecule has 2 heterocycles. The molecule has 0 unspecified atom stereocenters. The molecule has 0 aliphatic carbocycles. The van der Waals surface area contributed by atoms with Crippen LogP contribution in [0.25, 0.3) is 0 Å². The Morgan fingerprint density at radius 3 is 2.71 bits per heavy atom. The summed E-state index contributed by atoms with van der Waals surface area (Å²) in [6.07, 6.45) is 5.71. The van der Waals surface area contributed by atoms with Crippen LogP contribution in [0.15, 0.2) is 6.20 Å². The van der Waals surface area contributed by atoms with Gasteiger partial charge in [0.05, 0.1) is 5.01 Å². The largest absolute Gasteiger partial charge is 0.326 e. The average molecular weight is 253 g/mol. The molecular formula is C13H23N3S. The first-order valence-corrected chi connectivity index (χ1v) is 7.38. The fourth-order valence-electron chi connectivity index (χ4n) is 2.46. The van der Waals surface area contributed by atoms with E-state index in [0.717, 1.165) is 12.3 Å². The summed E-state index contributed by atoms with van der Waals surface area (Å²) in [5, 5.41) is 1.27. The first-order chi connectivity index (χ1) is 8.19. The minimum absolute atomic E-state index is 0.628. The summed E-state index contributed by atoms with van der Waals surface area (Å²) in [7, 11) is 0. The van der Waals surface area contributed by atoms with E-state index in [0.29, 0.717) is 12.6 Å². The molecule has 96 valence electrons. The number of nitrogens with zero attached hydrogens (tertiary/aromatic N) is 2. The molecule has 17 heavy (non-hydrogen) atoms. The fourth-order valence-corrected chi connectivity index (χ4v) is 3.37. The summed E-state index contributed by atoms with van der Waals surface area (Å²) in [4.78, 5) is 8.24. The molecule has 1 aromatic rings. The Morgan fingerprint density at radius 2 is 2.18 bits per heavy atom. The molecule has 0 bridgehead atoms. The van der Waals surface area contributed by atoms with Crippen LogP contribution < -0.4 is 5.73 Å². The Hall–Kier alpha value is -0.450. The van der Waals surface area contributed by atoms with E-state index < -0.39 is 0 Å². The Morgan fingerprint density at radius 1 is 1.47 bits per heavy atom. The first kappa shape index (κ1) is 13.0. The molecule has 1 fully saturated rings. The van der Waals surface area contributed by atoms with Crippen LogP contribution in [0, 0.1) is 5.92 Å². The number of hydrogen-bond donors (Lipinski definition) is 1. The van der Waals surface area contributed by atoms with Gasteiger partial charge in [-0.3, -0.25) is 0 Å². The number of aromatic nitrogens is 1. The second-order valence-electron chi connectivity index (χ2n) is 5.20. The van der Waals surface area contributed by atoms with Gasteiger partial charge in [-0.15, -0.1) is 11.3 Å². The maximum absolute atomic E-state index is 5.61. The van der Waals surface area contributed by atoms with Crippen LogP contribution in [0.4, 0.5) is 0 Å². The molecule has 1 aromatic heterocycles. The third kappa shape index (κ3) is 3.50. The van der Waals surface area contributed by atoms with Crippen molar-refractivity contribution >= 4 is 11.3 Å². The molecule has 0 saturated carbocycles. The predicted octanol–water partition coefficient (Wildman–Crippen LogP) is 2.26. The zero-order valence-corrected chi connectivity index (χ0v) is 11.7. The van der Waals surface area contributed by atoms with Gasteiger partial charge < -0.3 is 10.6 Å². The van der Waals surface area contributed by atoms with Crippen LogP contribution in [0.1, 0.15) is 36.6 Å². The summed E-state index contributed by atoms with van der Waals surface area (Å²) < 4.78 is 0. The Bertz CT molecular complexity index is 340.